The molecule has 2 aliphatic carbocycles. The molecule has 4 heteroatoms. The molecule has 3 heterocycles. The number of piperidine rings is 1. The molecule has 0 aromatic carbocycles. The first-order valence-corrected chi connectivity index (χ1v) is 10.2. The van der Waals surface area contributed by atoms with Gasteiger partial charge >= 0.3 is 5.97 Å². The van der Waals surface area contributed by atoms with E-state index in [1.54, 1.807) is 0 Å². The van der Waals surface area contributed by atoms with Crippen molar-refractivity contribution in [1.29, 1.82) is 0 Å². The number of rotatable bonds is 2. The second kappa shape index (κ2) is 5.20. The number of ether oxygens (including phenoxy) is 2. The van der Waals surface area contributed by atoms with E-state index in [0.717, 1.165) is 38.9 Å². The van der Waals surface area contributed by atoms with E-state index in [4.69, 9.17) is 9.47 Å². The van der Waals surface area contributed by atoms with Crippen LogP contribution in [0.4, 0.5) is 0 Å². The highest BCUT2D eigenvalue weighted by Crippen LogP contribution is 2.66. The Balaban J connectivity index is 1.45. The fraction of sp³-hybridized carbons (Fsp3) is 0.950. The Morgan fingerprint density at radius 2 is 1.92 bits per heavy atom. The Labute approximate surface area is 145 Å². The standard InChI is InChI=1S/C20H31NO3/c1-13-6-7-16-14(12-21-10-4-3-5-11-21)17(22)23-20(16)15(13)8-9-19(2)18(20)24-19/h13-16,18H,3-12H2,1-2H3. The van der Waals surface area contributed by atoms with Gasteiger partial charge in [-0.25, -0.2) is 0 Å². The van der Waals surface area contributed by atoms with Gasteiger partial charge in [-0.05, 0) is 64.5 Å². The molecule has 3 saturated heterocycles. The predicted octanol–water partition coefficient (Wildman–Crippen LogP) is 3.00. The van der Waals surface area contributed by atoms with Gasteiger partial charge in [-0.1, -0.05) is 13.3 Å². The number of hydrogen-bond donors (Lipinski definition) is 0. The Morgan fingerprint density at radius 1 is 1.12 bits per heavy atom. The molecular formula is C20H31NO3. The minimum Gasteiger partial charge on any atom is -0.455 e. The van der Waals surface area contributed by atoms with Gasteiger partial charge < -0.3 is 14.4 Å². The van der Waals surface area contributed by atoms with E-state index in [1.165, 1.54) is 25.7 Å². The average molecular weight is 333 g/mol. The van der Waals surface area contributed by atoms with Crippen LogP contribution < -0.4 is 0 Å². The predicted molar refractivity (Wildman–Crippen MR) is 90.5 cm³/mol. The average Bonchev–Trinajstić information content (AvgIpc) is 3.20. The lowest BCUT2D eigenvalue weighted by atomic mass is 9.55. The second-order valence-corrected chi connectivity index (χ2v) is 9.36. The Hall–Kier alpha value is -0.610. The number of fused-ring (bicyclic) bond motifs is 1. The maximum absolute atomic E-state index is 12.9. The van der Waals surface area contributed by atoms with E-state index in [0.29, 0.717) is 17.8 Å². The number of likely N-dealkylation sites (tertiary alicyclic amines) is 1. The van der Waals surface area contributed by atoms with Crippen LogP contribution >= 0.6 is 0 Å². The largest absolute Gasteiger partial charge is 0.455 e. The first-order chi connectivity index (χ1) is 11.5. The fourth-order valence-corrected chi connectivity index (χ4v) is 6.68. The molecule has 3 aliphatic heterocycles. The van der Waals surface area contributed by atoms with Crippen molar-refractivity contribution in [2.75, 3.05) is 19.6 Å². The molecule has 134 valence electrons. The summed E-state index contributed by atoms with van der Waals surface area (Å²) in [5.41, 5.74) is -0.325. The molecule has 5 aliphatic rings. The molecule has 7 atom stereocenters. The van der Waals surface area contributed by atoms with Crippen molar-refractivity contribution in [1.82, 2.24) is 4.90 Å². The van der Waals surface area contributed by atoms with Crippen molar-refractivity contribution in [3.05, 3.63) is 0 Å². The highest BCUT2D eigenvalue weighted by Gasteiger charge is 2.77. The number of esters is 1. The van der Waals surface area contributed by atoms with Crippen molar-refractivity contribution < 1.29 is 14.3 Å². The van der Waals surface area contributed by atoms with Crippen LogP contribution in [0, 0.1) is 23.7 Å². The lowest BCUT2D eigenvalue weighted by Crippen LogP contribution is -2.58. The second-order valence-electron chi connectivity index (χ2n) is 9.36. The molecule has 2 saturated carbocycles. The van der Waals surface area contributed by atoms with Gasteiger partial charge in [0.15, 0.2) is 0 Å². The molecular weight excluding hydrogens is 302 g/mol. The Bertz CT molecular complexity index is 545. The smallest absolute Gasteiger partial charge is 0.311 e. The normalized spacial score (nSPS) is 53.8. The lowest BCUT2D eigenvalue weighted by Gasteiger charge is -2.50. The summed E-state index contributed by atoms with van der Waals surface area (Å²) in [5, 5.41) is 0. The third-order valence-electron chi connectivity index (χ3n) is 7.99. The molecule has 0 N–H and O–H groups in total. The molecule has 0 aromatic heterocycles. The van der Waals surface area contributed by atoms with Crippen LogP contribution in [-0.4, -0.2) is 47.8 Å². The summed E-state index contributed by atoms with van der Waals surface area (Å²) >= 11 is 0. The summed E-state index contributed by atoms with van der Waals surface area (Å²) < 4.78 is 12.5. The molecule has 1 spiro atoms. The molecule has 0 amide bonds. The first-order valence-electron chi connectivity index (χ1n) is 10.2. The number of epoxide rings is 1. The van der Waals surface area contributed by atoms with Gasteiger partial charge in [0.25, 0.3) is 0 Å². The van der Waals surface area contributed by atoms with E-state index in [-0.39, 0.29) is 29.2 Å². The van der Waals surface area contributed by atoms with Crippen LogP contribution in [0.5, 0.6) is 0 Å². The number of hydrogen-bond acceptors (Lipinski definition) is 4. The molecule has 7 unspecified atom stereocenters. The Morgan fingerprint density at radius 3 is 2.71 bits per heavy atom. The van der Waals surface area contributed by atoms with E-state index in [2.05, 4.69) is 18.7 Å². The van der Waals surface area contributed by atoms with Crippen molar-refractivity contribution in [3.8, 4) is 0 Å². The zero-order valence-electron chi connectivity index (χ0n) is 15.1. The van der Waals surface area contributed by atoms with Gasteiger partial charge in [0, 0.05) is 18.4 Å². The van der Waals surface area contributed by atoms with E-state index < -0.39 is 0 Å². The zero-order chi connectivity index (χ0) is 16.5. The van der Waals surface area contributed by atoms with Crippen LogP contribution in [0.3, 0.4) is 0 Å². The summed E-state index contributed by atoms with van der Waals surface area (Å²) in [7, 11) is 0. The van der Waals surface area contributed by atoms with Gasteiger partial charge in [0.1, 0.15) is 11.7 Å². The van der Waals surface area contributed by atoms with Crippen molar-refractivity contribution >= 4 is 5.97 Å². The minimum absolute atomic E-state index is 0.0217. The molecule has 24 heavy (non-hydrogen) atoms. The van der Waals surface area contributed by atoms with Crippen molar-refractivity contribution in [2.45, 2.75) is 76.1 Å². The number of nitrogens with zero attached hydrogens (tertiary/aromatic N) is 1. The zero-order valence-corrected chi connectivity index (χ0v) is 15.1. The highest BCUT2D eigenvalue weighted by atomic mass is 16.7. The monoisotopic (exact) mass is 333 g/mol. The van der Waals surface area contributed by atoms with E-state index in [1.807, 2.05) is 0 Å². The van der Waals surface area contributed by atoms with Crippen molar-refractivity contribution in [3.63, 3.8) is 0 Å². The SMILES string of the molecule is CC1CCC2C(CN3CCCCC3)C(=O)OC23C1CCC1(C)OC13. The molecule has 4 nitrogen and oxygen atoms in total. The minimum atomic E-state index is -0.303. The third-order valence-corrected chi connectivity index (χ3v) is 7.99. The van der Waals surface area contributed by atoms with E-state index in [9.17, 15) is 4.79 Å². The third kappa shape index (κ3) is 2.02. The molecule has 5 fully saturated rings. The van der Waals surface area contributed by atoms with Gasteiger partial charge in [-0.2, -0.15) is 0 Å². The fourth-order valence-electron chi connectivity index (χ4n) is 6.68. The highest BCUT2D eigenvalue weighted by molar-refractivity contribution is 5.77. The quantitative estimate of drug-likeness (QED) is 0.575. The van der Waals surface area contributed by atoms with Crippen LogP contribution in [0.25, 0.3) is 0 Å². The summed E-state index contributed by atoms with van der Waals surface area (Å²) in [6, 6.07) is 0. The maximum Gasteiger partial charge on any atom is 0.311 e. The number of carbonyl (C=O) groups excluding carboxylic acids is 1. The topological polar surface area (TPSA) is 42.1 Å². The summed E-state index contributed by atoms with van der Waals surface area (Å²) in [4.78, 5) is 15.4. The summed E-state index contributed by atoms with van der Waals surface area (Å²) in [6.45, 7) is 7.81. The van der Waals surface area contributed by atoms with Gasteiger partial charge in [-0.3, -0.25) is 4.79 Å². The first kappa shape index (κ1) is 15.6. The molecule has 0 bridgehead atoms. The molecule has 5 rings (SSSR count). The summed E-state index contributed by atoms with van der Waals surface area (Å²) in [6.07, 6.45) is 8.73. The van der Waals surface area contributed by atoms with Crippen molar-refractivity contribution in [2.24, 2.45) is 23.7 Å². The van der Waals surface area contributed by atoms with Gasteiger partial charge in [0.05, 0.1) is 11.5 Å². The summed E-state index contributed by atoms with van der Waals surface area (Å²) in [5.74, 6) is 1.68. The lowest BCUT2D eigenvalue weighted by molar-refractivity contribution is -0.168. The van der Waals surface area contributed by atoms with Crippen LogP contribution in [0.2, 0.25) is 0 Å². The van der Waals surface area contributed by atoms with Gasteiger partial charge in [0.2, 0.25) is 0 Å². The maximum atomic E-state index is 12.9. The van der Waals surface area contributed by atoms with E-state index >= 15 is 0 Å². The van der Waals surface area contributed by atoms with Crippen LogP contribution in [-0.2, 0) is 14.3 Å². The molecule has 0 aromatic rings. The number of carbonyl (C=O) groups is 1. The van der Waals surface area contributed by atoms with Gasteiger partial charge in [-0.15, -0.1) is 0 Å². The van der Waals surface area contributed by atoms with Crippen LogP contribution in [0.15, 0.2) is 0 Å². The molecule has 0 radical (unpaired) electrons. The Kier molecular flexibility index (Phi) is 3.39. The van der Waals surface area contributed by atoms with Crippen LogP contribution in [0.1, 0.15) is 58.8 Å².